The molecule has 1 atom stereocenters. The van der Waals surface area contributed by atoms with E-state index in [1.807, 2.05) is 17.9 Å². The molecule has 0 saturated carbocycles. The lowest BCUT2D eigenvalue weighted by atomic mass is 10.0. The SMILES string of the molecule is CCNC(=NCCOCCS(C)(=O)=O)N1CCC(Cc2cnn(C)c2)C1. The smallest absolute Gasteiger partial charge is 0.194 e. The summed E-state index contributed by atoms with van der Waals surface area (Å²) in [7, 11) is -1.02. The van der Waals surface area contributed by atoms with Crippen LogP contribution in [0.2, 0.25) is 0 Å². The number of hydrogen-bond acceptors (Lipinski definition) is 5. The van der Waals surface area contributed by atoms with Crippen LogP contribution in [0.5, 0.6) is 0 Å². The molecule has 0 aliphatic carbocycles. The Morgan fingerprint density at radius 1 is 1.46 bits per heavy atom. The second kappa shape index (κ2) is 9.91. The fourth-order valence-electron chi connectivity index (χ4n) is 3.06. The third kappa shape index (κ3) is 7.33. The predicted molar refractivity (Wildman–Crippen MR) is 103 cm³/mol. The molecule has 0 radical (unpaired) electrons. The van der Waals surface area contributed by atoms with Crippen molar-refractivity contribution in [1.82, 2.24) is 20.0 Å². The van der Waals surface area contributed by atoms with Gasteiger partial charge in [-0.15, -0.1) is 0 Å². The van der Waals surface area contributed by atoms with Crippen LogP contribution in [0.25, 0.3) is 0 Å². The Hall–Kier alpha value is -1.61. The molecule has 148 valence electrons. The molecule has 1 fully saturated rings. The van der Waals surface area contributed by atoms with E-state index in [0.717, 1.165) is 38.4 Å². The molecule has 0 spiro atoms. The molecule has 8 nitrogen and oxygen atoms in total. The zero-order valence-corrected chi connectivity index (χ0v) is 16.8. The minimum absolute atomic E-state index is 0.0545. The number of aryl methyl sites for hydroxylation is 1. The van der Waals surface area contributed by atoms with Crippen LogP contribution in [0.3, 0.4) is 0 Å². The average Bonchev–Trinajstić information content (AvgIpc) is 3.18. The first-order valence-electron chi connectivity index (χ1n) is 9.13. The van der Waals surface area contributed by atoms with Gasteiger partial charge in [0.05, 0.1) is 31.7 Å². The van der Waals surface area contributed by atoms with E-state index < -0.39 is 9.84 Å². The summed E-state index contributed by atoms with van der Waals surface area (Å²) < 4.78 is 29.3. The van der Waals surface area contributed by atoms with E-state index >= 15 is 0 Å². The van der Waals surface area contributed by atoms with Crippen molar-refractivity contribution in [2.75, 3.05) is 51.4 Å². The van der Waals surface area contributed by atoms with Gasteiger partial charge in [-0.2, -0.15) is 5.10 Å². The Bertz CT molecular complexity index is 686. The fourth-order valence-corrected chi connectivity index (χ4v) is 3.48. The quantitative estimate of drug-likeness (QED) is 0.374. The molecule has 1 aromatic rings. The molecular weight excluding hydrogens is 354 g/mol. The maximum Gasteiger partial charge on any atom is 0.194 e. The Morgan fingerprint density at radius 2 is 2.27 bits per heavy atom. The summed E-state index contributed by atoms with van der Waals surface area (Å²) in [6.45, 7) is 6.02. The number of rotatable bonds is 9. The molecule has 1 saturated heterocycles. The summed E-state index contributed by atoms with van der Waals surface area (Å²) in [5, 5.41) is 7.57. The second-order valence-electron chi connectivity index (χ2n) is 6.80. The van der Waals surface area contributed by atoms with Crippen LogP contribution < -0.4 is 5.32 Å². The van der Waals surface area contributed by atoms with Crippen LogP contribution in [-0.4, -0.2) is 80.5 Å². The van der Waals surface area contributed by atoms with Crippen LogP contribution in [0.15, 0.2) is 17.4 Å². The minimum atomic E-state index is -2.97. The first-order valence-corrected chi connectivity index (χ1v) is 11.2. The summed E-state index contributed by atoms with van der Waals surface area (Å²) in [4.78, 5) is 6.91. The first-order chi connectivity index (χ1) is 12.4. The van der Waals surface area contributed by atoms with Crippen molar-refractivity contribution in [1.29, 1.82) is 0 Å². The van der Waals surface area contributed by atoms with Gasteiger partial charge in [0.25, 0.3) is 0 Å². The van der Waals surface area contributed by atoms with Crippen LogP contribution in [0.1, 0.15) is 18.9 Å². The second-order valence-corrected chi connectivity index (χ2v) is 9.06. The highest BCUT2D eigenvalue weighted by Gasteiger charge is 2.25. The average molecular weight is 386 g/mol. The van der Waals surface area contributed by atoms with Gasteiger partial charge in [0.15, 0.2) is 5.96 Å². The number of aromatic nitrogens is 2. The number of aliphatic imine (C=N–C) groups is 1. The van der Waals surface area contributed by atoms with E-state index in [1.165, 1.54) is 11.8 Å². The van der Waals surface area contributed by atoms with Crippen molar-refractivity contribution in [3.8, 4) is 0 Å². The normalized spacial score (nSPS) is 18.5. The van der Waals surface area contributed by atoms with Gasteiger partial charge in [0.1, 0.15) is 9.84 Å². The Kier molecular flexibility index (Phi) is 7.89. The number of guanidine groups is 1. The molecule has 0 amide bonds. The van der Waals surface area contributed by atoms with Gasteiger partial charge in [0, 0.05) is 39.1 Å². The number of likely N-dealkylation sites (tertiary alicyclic amines) is 1. The van der Waals surface area contributed by atoms with E-state index in [4.69, 9.17) is 4.74 Å². The van der Waals surface area contributed by atoms with E-state index in [-0.39, 0.29) is 12.4 Å². The van der Waals surface area contributed by atoms with Crippen molar-refractivity contribution < 1.29 is 13.2 Å². The maximum atomic E-state index is 11.1. The lowest BCUT2D eigenvalue weighted by molar-refractivity contribution is 0.157. The van der Waals surface area contributed by atoms with Crippen molar-refractivity contribution >= 4 is 15.8 Å². The van der Waals surface area contributed by atoms with E-state index in [0.29, 0.717) is 19.1 Å². The number of sulfone groups is 1. The van der Waals surface area contributed by atoms with Gasteiger partial charge in [-0.1, -0.05) is 0 Å². The molecule has 0 bridgehead atoms. The first kappa shape index (κ1) is 20.7. The maximum absolute atomic E-state index is 11.1. The largest absolute Gasteiger partial charge is 0.378 e. The third-order valence-corrected chi connectivity index (χ3v) is 5.21. The van der Waals surface area contributed by atoms with Gasteiger partial charge in [-0.05, 0) is 31.2 Å². The molecule has 1 N–H and O–H groups in total. The molecule has 1 aliphatic rings. The zero-order chi connectivity index (χ0) is 19.0. The molecule has 0 aromatic carbocycles. The number of ether oxygens (including phenoxy) is 1. The summed E-state index contributed by atoms with van der Waals surface area (Å²) >= 11 is 0. The van der Waals surface area contributed by atoms with Crippen molar-refractivity contribution in [2.45, 2.75) is 19.8 Å². The molecule has 1 aromatic heterocycles. The molecule has 2 rings (SSSR count). The van der Waals surface area contributed by atoms with Crippen LogP contribution in [0.4, 0.5) is 0 Å². The highest BCUT2D eigenvalue weighted by molar-refractivity contribution is 7.90. The molecule has 2 heterocycles. The fraction of sp³-hybridized carbons (Fsp3) is 0.765. The van der Waals surface area contributed by atoms with Gasteiger partial charge in [0.2, 0.25) is 0 Å². The highest BCUT2D eigenvalue weighted by atomic mass is 32.2. The van der Waals surface area contributed by atoms with Crippen molar-refractivity contribution in [3.63, 3.8) is 0 Å². The Balaban J connectivity index is 1.77. The van der Waals surface area contributed by atoms with Crippen molar-refractivity contribution in [2.24, 2.45) is 18.0 Å². The van der Waals surface area contributed by atoms with Crippen molar-refractivity contribution in [3.05, 3.63) is 18.0 Å². The number of nitrogens with zero attached hydrogens (tertiary/aromatic N) is 4. The van der Waals surface area contributed by atoms with Gasteiger partial charge in [-0.3, -0.25) is 9.67 Å². The molecule has 9 heteroatoms. The van der Waals surface area contributed by atoms with Gasteiger partial charge in [-0.25, -0.2) is 8.42 Å². The lowest BCUT2D eigenvalue weighted by Gasteiger charge is -2.21. The Morgan fingerprint density at radius 3 is 2.92 bits per heavy atom. The van der Waals surface area contributed by atoms with Crippen LogP contribution >= 0.6 is 0 Å². The van der Waals surface area contributed by atoms with Gasteiger partial charge < -0.3 is 15.0 Å². The topological polar surface area (TPSA) is 88.8 Å². The number of hydrogen-bond donors (Lipinski definition) is 1. The minimum Gasteiger partial charge on any atom is -0.378 e. The molecule has 1 unspecified atom stereocenters. The summed E-state index contributed by atoms with van der Waals surface area (Å²) in [6.07, 6.45) is 7.42. The van der Waals surface area contributed by atoms with Crippen LogP contribution in [-0.2, 0) is 28.0 Å². The molecular formula is C17H31N5O3S. The third-order valence-electron chi connectivity index (χ3n) is 4.30. The highest BCUT2D eigenvalue weighted by Crippen LogP contribution is 2.20. The summed E-state index contributed by atoms with van der Waals surface area (Å²) in [5.41, 5.74) is 1.28. The lowest BCUT2D eigenvalue weighted by Crippen LogP contribution is -2.40. The predicted octanol–water partition coefficient (Wildman–Crippen LogP) is 0.311. The van der Waals surface area contributed by atoms with Gasteiger partial charge >= 0.3 is 0 Å². The summed E-state index contributed by atoms with van der Waals surface area (Å²) in [6, 6.07) is 0. The zero-order valence-electron chi connectivity index (χ0n) is 16.0. The Labute approximate surface area is 156 Å². The van der Waals surface area contributed by atoms with Crippen LogP contribution in [0, 0.1) is 5.92 Å². The van der Waals surface area contributed by atoms with E-state index in [1.54, 1.807) is 0 Å². The number of nitrogens with one attached hydrogen (secondary N) is 1. The molecule has 1 aliphatic heterocycles. The summed E-state index contributed by atoms with van der Waals surface area (Å²) in [5.74, 6) is 1.57. The molecule has 26 heavy (non-hydrogen) atoms. The van der Waals surface area contributed by atoms with E-state index in [2.05, 4.69) is 33.4 Å². The standard InChI is InChI=1S/C17H31N5O3S/c1-4-18-17(19-6-8-25-9-10-26(3,23)24)22-7-5-15(14-22)11-16-12-20-21(2)13-16/h12-13,15H,4-11,14H2,1-3H3,(H,18,19). The monoisotopic (exact) mass is 385 g/mol. The van der Waals surface area contributed by atoms with E-state index in [9.17, 15) is 8.42 Å².